The number of aromatic nitrogens is 2. The third-order valence-corrected chi connectivity index (χ3v) is 5.97. The van der Waals surface area contributed by atoms with Crippen molar-refractivity contribution < 1.29 is 9.53 Å². The standard InChI is InChI=1S/C16H22N2O3S2/c1-6-7-8-18-14(19)12-9(2)10(3)22-13(12)17-16(18)23-11(4)15(20)21-5/h11H,6-8H2,1-5H3. The summed E-state index contributed by atoms with van der Waals surface area (Å²) in [6.07, 6.45) is 1.89. The highest BCUT2D eigenvalue weighted by molar-refractivity contribution is 8.00. The van der Waals surface area contributed by atoms with E-state index in [1.54, 1.807) is 11.5 Å². The molecule has 1 atom stereocenters. The van der Waals surface area contributed by atoms with Crippen molar-refractivity contribution in [2.24, 2.45) is 0 Å². The molecule has 0 bridgehead atoms. The maximum Gasteiger partial charge on any atom is 0.318 e. The van der Waals surface area contributed by atoms with E-state index in [9.17, 15) is 9.59 Å². The van der Waals surface area contributed by atoms with Crippen LogP contribution in [-0.4, -0.2) is 27.9 Å². The average molecular weight is 354 g/mol. The number of unbranched alkanes of at least 4 members (excludes halogenated alkanes) is 1. The minimum absolute atomic E-state index is 0.00938. The lowest BCUT2D eigenvalue weighted by Crippen LogP contribution is -2.25. The molecule has 7 heteroatoms. The third kappa shape index (κ3) is 3.61. The number of nitrogens with zero attached hydrogens (tertiary/aromatic N) is 2. The molecule has 23 heavy (non-hydrogen) atoms. The number of ether oxygens (including phenoxy) is 1. The summed E-state index contributed by atoms with van der Waals surface area (Å²) in [5, 5.41) is 0.896. The number of rotatable bonds is 6. The summed E-state index contributed by atoms with van der Waals surface area (Å²) in [6, 6.07) is 0. The van der Waals surface area contributed by atoms with Crippen molar-refractivity contribution in [1.82, 2.24) is 9.55 Å². The number of thioether (sulfide) groups is 1. The zero-order valence-corrected chi connectivity index (χ0v) is 15.8. The van der Waals surface area contributed by atoms with Crippen LogP contribution >= 0.6 is 23.1 Å². The molecule has 0 aliphatic heterocycles. The first-order valence-corrected chi connectivity index (χ1v) is 9.35. The molecule has 0 aromatic carbocycles. The summed E-state index contributed by atoms with van der Waals surface area (Å²) in [5.41, 5.74) is 0.996. The SMILES string of the molecule is CCCCn1c(SC(C)C(=O)OC)nc2sc(C)c(C)c2c1=O. The van der Waals surface area contributed by atoms with E-state index in [4.69, 9.17) is 4.74 Å². The monoisotopic (exact) mass is 354 g/mol. The summed E-state index contributed by atoms with van der Waals surface area (Å²) < 4.78 is 6.48. The Hall–Kier alpha value is -1.34. The van der Waals surface area contributed by atoms with E-state index >= 15 is 0 Å². The topological polar surface area (TPSA) is 61.2 Å². The van der Waals surface area contributed by atoms with Crippen LogP contribution in [0.25, 0.3) is 10.2 Å². The van der Waals surface area contributed by atoms with Crippen LogP contribution in [0.3, 0.4) is 0 Å². The Balaban J connectivity index is 2.57. The Morgan fingerprint density at radius 1 is 1.43 bits per heavy atom. The van der Waals surface area contributed by atoms with Crippen LogP contribution in [0.1, 0.15) is 37.1 Å². The molecule has 0 radical (unpaired) electrons. The van der Waals surface area contributed by atoms with Crippen LogP contribution in [0.5, 0.6) is 0 Å². The van der Waals surface area contributed by atoms with Gasteiger partial charge in [-0.25, -0.2) is 4.98 Å². The predicted molar refractivity (Wildman–Crippen MR) is 95.6 cm³/mol. The largest absolute Gasteiger partial charge is 0.468 e. The van der Waals surface area contributed by atoms with Crippen molar-refractivity contribution in [3.63, 3.8) is 0 Å². The van der Waals surface area contributed by atoms with E-state index in [1.165, 1.54) is 30.2 Å². The third-order valence-electron chi connectivity index (χ3n) is 3.80. The molecule has 0 amide bonds. The van der Waals surface area contributed by atoms with Gasteiger partial charge in [0.2, 0.25) is 0 Å². The quantitative estimate of drug-likeness (QED) is 0.451. The van der Waals surface area contributed by atoms with Gasteiger partial charge in [-0.2, -0.15) is 0 Å². The minimum atomic E-state index is -0.403. The van der Waals surface area contributed by atoms with Crippen molar-refractivity contribution in [1.29, 1.82) is 0 Å². The number of methoxy groups -OCH3 is 1. The second-order valence-corrected chi connectivity index (χ2v) is 7.96. The van der Waals surface area contributed by atoms with Gasteiger partial charge in [0.15, 0.2) is 5.16 Å². The fourth-order valence-corrected chi connectivity index (χ4v) is 4.32. The Kier molecular flexibility index (Phi) is 5.86. The Morgan fingerprint density at radius 3 is 2.74 bits per heavy atom. The number of carbonyl (C=O) groups excluding carboxylic acids is 1. The van der Waals surface area contributed by atoms with Gasteiger partial charge in [-0.15, -0.1) is 11.3 Å². The molecule has 0 fully saturated rings. The molecule has 2 aromatic heterocycles. The molecule has 2 aromatic rings. The van der Waals surface area contributed by atoms with Crippen molar-refractivity contribution in [3.8, 4) is 0 Å². The number of hydrogen-bond acceptors (Lipinski definition) is 6. The van der Waals surface area contributed by atoms with Crippen molar-refractivity contribution in [3.05, 3.63) is 20.8 Å². The maximum absolute atomic E-state index is 12.9. The molecular formula is C16H22N2O3S2. The summed E-state index contributed by atoms with van der Waals surface area (Å²) >= 11 is 2.81. The fourth-order valence-electron chi connectivity index (χ4n) is 2.28. The summed E-state index contributed by atoms with van der Waals surface area (Å²) in [5.74, 6) is -0.315. The summed E-state index contributed by atoms with van der Waals surface area (Å²) in [6.45, 7) is 8.43. The number of fused-ring (bicyclic) bond motifs is 1. The van der Waals surface area contributed by atoms with E-state index in [0.717, 1.165) is 28.1 Å². The van der Waals surface area contributed by atoms with E-state index < -0.39 is 5.25 Å². The van der Waals surface area contributed by atoms with Crippen LogP contribution in [0, 0.1) is 13.8 Å². The molecule has 0 N–H and O–H groups in total. The molecular weight excluding hydrogens is 332 g/mol. The first-order valence-electron chi connectivity index (χ1n) is 7.65. The van der Waals surface area contributed by atoms with E-state index in [1.807, 2.05) is 13.8 Å². The minimum Gasteiger partial charge on any atom is -0.468 e. The Morgan fingerprint density at radius 2 is 2.13 bits per heavy atom. The van der Waals surface area contributed by atoms with E-state index in [-0.39, 0.29) is 11.5 Å². The maximum atomic E-state index is 12.9. The van der Waals surface area contributed by atoms with Crippen LogP contribution in [0.4, 0.5) is 0 Å². The number of hydrogen-bond donors (Lipinski definition) is 0. The van der Waals surface area contributed by atoms with Gasteiger partial charge in [0.05, 0.1) is 12.5 Å². The highest BCUT2D eigenvalue weighted by Gasteiger charge is 2.21. The molecule has 126 valence electrons. The molecule has 0 aliphatic carbocycles. The molecule has 5 nitrogen and oxygen atoms in total. The van der Waals surface area contributed by atoms with Crippen molar-refractivity contribution in [2.75, 3.05) is 7.11 Å². The lowest BCUT2D eigenvalue weighted by Gasteiger charge is -2.14. The van der Waals surface area contributed by atoms with Crippen molar-refractivity contribution in [2.45, 2.75) is 57.5 Å². The summed E-state index contributed by atoms with van der Waals surface area (Å²) in [7, 11) is 1.37. The van der Waals surface area contributed by atoms with Gasteiger partial charge < -0.3 is 4.74 Å². The van der Waals surface area contributed by atoms with E-state index in [2.05, 4.69) is 11.9 Å². The normalized spacial score (nSPS) is 12.6. The van der Waals surface area contributed by atoms with Gasteiger partial charge in [0.1, 0.15) is 10.1 Å². The first-order chi connectivity index (χ1) is 10.9. The van der Waals surface area contributed by atoms with Gasteiger partial charge in [-0.1, -0.05) is 25.1 Å². The number of carbonyl (C=O) groups is 1. The smallest absolute Gasteiger partial charge is 0.318 e. The predicted octanol–water partition coefficient (Wildman–Crippen LogP) is 3.53. The number of aryl methyl sites for hydroxylation is 2. The number of thiophene rings is 1. The highest BCUT2D eigenvalue weighted by atomic mass is 32.2. The molecule has 0 saturated carbocycles. The van der Waals surface area contributed by atoms with Gasteiger partial charge in [-0.3, -0.25) is 14.2 Å². The lowest BCUT2D eigenvalue weighted by atomic mass is 10.2. The zero-order chi connectivity index (χ0) is 17.1. The van der Waals surface area contributed by atoms with Crippen LogP contribution in [0.15, 0.2) is 9.95 Å². The van der Waals surface area contributed by atoms with Gasteiger partial charge >= 0.3 is 5.97 Å². The van der Waals surface area contributed by atoms with Gasteiger partial charge in [0, 0.05) is 11.4 Å². The van der Waals surface area contributed by atoms with Crippen LogP contribution in [-0.2, 0) is 16.1 Å². The van der Waals surface area contributed by atoms with Crippen LogP contribution in [0.2, 0.25) is 0 Å². The first kappa shape index (κ1) is 18.0. The Bertz CT molecular complexity index is 780. The molecule has 0 aliphatic rings. The van der Waals surface area contributed by atoms with Crippen molar-refractivity contribution >= 4 is 39.3 Å². The molecule has 2 rings (SSSR count). The van der Waals surface area contributed by atoms with Gasteiger partial charge in [0.25, 0.3) is 5.56 Å². The van der Waals surface area contributed by atoms with E-state index in [0.29, 0.717) is 17.1 Å². The average Bonchev–Trinajstić information content (AvgIpc) is 2.80. The Labute approximate surface area is 144 Å². The molecule has 2 heterocycles. The lowest BCUT2D eigenvalue weighted by molar-refractivity contribution is -0.139. The fraction of sp³-hybridized carbons (Fsp3) is 0.562. The zero-order valence-electron chi connectivity index (χ0n) is 14.1. The molecule has 0 saturated heterocycles. The highest BCUT2D eigenvalue weighted by Crippen LogP contribution is 2.30. The molecule has 1 unspecified atom stereocenters. The van der Waals surface area contributed by atoms with Crippen LogP contribution < -0.4 is 5.56 Å². The van der Waals surface area contributed by atoms with Gasteiger partial charge in [-0.05, 0) is 32.8 Å². The second kappa shape index (κ2) is 7.49. The number of esters is 1. The molecule has 0 spiro atoms. The second-order valence-electron chi connectivity index (χ2n) is 5.45. The summed E-state index contributed by atoms with van der Waals surface area (Å²) in [4.78, 5) is 31.1.